The van der Waals surface area contributed by atoms with Gasteiger partial charge in [0, 0.05) is 6.54 Å². The fraction of sp³-hybridized carbons (Fsp3) is 0.583. The first-order chi connectivity index (χ1) is 7.77. The molecule has 3 nitrogen and oxygen atoms in total. The average Bonchev–Trinajstić information content (AvgIpc) is 2.97. The predicted octanol–water partition coefficient (Wildman–Crippen LogP) is 2.32. The van der Waals surface area contributed by atoms with Gasteiger partial charge in [0.2, 0.25) is 5.91 Å². The number of thiophene rings is 1. The van der Waals surface area contributed by atoms with Crippen LogP contribution in [0.2, 0.25) is 0 Å². The van der Waals surface area contributed by atoms with Gasteiger partial charge in [-0.05, 0) is 48.2 Å². The van der Waals surface area contributed by atoms with Crippen molar-refractivity contribution in [1.82, 2.24) is 10.6 Å². The van der Waals surface area contributed by atoms with Gasteiger partial charge in [-0.1, -0.05) is 6.92 Å². The van der Waals surface area contributed by atoms with Crippen molar-refractivity contribution in [2.24, 2.45) is 0 Å². The van der Waals surface area contributed by atoms with Crippen molar-refractivity contribution in [1.29, 1.82) is 0 Å². The standard InChI is InChI=1S/C12H18N2OS.ClH/c1-2-12(5-3-6-14-12)11(15)13-8-10-4-7-16-9-10;/h4,7,9,14H,2-3,5-6,8H2,1H3,(H,13,15);1H. The molecule has 96 valence electrons. The van der Waals surface area contributed by atoms with E-state index in [1.54, 1.807) is 11.3 Å². The van der Waals surface area contributed by atoms with E-state index in [0.717, 1.165) is 25.8 Å². The zero-order valence-corrected chi connectivity index (χ0v) is 11.6. The summed E-state index contributed by atoms with van der Waals surface area (Å²) in [5.74, 6) is 0.152. The molecule has 1 aliphatic rings. The molecule has 1 amide bonds. The number of rotatable bonds is 4. The Hall–Kier alpha value is -0.580. The predicted molar refractivity (Wildman–Crippen MR) is 73.7 cm³/mol. The molecule has 17 heavy (non-hydrogen) atoms. The maximum Gasteiger partial charge on any atom is 0.240 e. The van der Waals surface area contributed by atoms with E-state index in [0.29, 0.717) is 6.54 Å². The van der Waals surface area contributed by atoms with Gasteiger partial charge in [-0.15, -0.1) is 12.4 Å². The summed E-state index contributed by atoms with van der Waals surface area (Å²) in [4.78, 5) is 12.1. The second kappa shape index (κ2) is 6.38. The summed E-state index contributed by atoms with van der Waals surface area (Å²) in [5, 5.41) is 10.5. The van der Waals surface area contributed by atoms with Gasteiger partial charge < -0.3 is 10.6 Å². The highest BCUT2D eigenvalue weighted by Gasteiger charge is 2.38. The van der Waals surface area contributed by atoms with Crippen molar-refractivity contribution in [3.8, 4) is 0 Å². The van der Waals surface area contributed by atoms with E-state index in [1.165, 1.54) is 5.56 Å². The van der Waals surface area contributed by atoms with Crippen LogP contribution in [-0.2, 0) is 11.3 Å². The molecule has 1 unspecified atom stereocenters. The van der Waals surface area contributed by atoms with Crippen LogP contribution in [0, 0.1) is 0 Å². The second-order valence-electron chi connectivity index (χ2n) is 4.28. The molecule has 0 radical (unpaired) electrons. The summed E-state index contributed by atoms with van der Waals surface area (Å²) in [5.41, 5.74) is 0.873. The number of halogens is 1. The topological polar surface area (TPSA) is 41.1 Å². The molecule has 0 saturated carbocycles. The monoisotopic (exact) mass is 274 g/mol. The molecular formula is C12H19ClN2OS. The lowest BCUT2D eigenvalue weighted by atomic mass is 9.93. The Balaban J connectivity index is 0.00000144. The largest absolute Gasteiger partial charge is 0.350 e. The molecule has 2 rings (SSSR count). The Morgan fingerprint density at radius 3 is 3.00 bits per heavy atom. The summed E-state index contributed by atoms with van der Waals surface area (Å²) >= 11 is 1.66. The van der Waals surface area contributed by atoms with Crippen LogP contribution in [-0.4, -0.2) is 18.0 Å². The van der Waals surface area contributed by atoms with Gasteiger partial charge in [0.15, 0.2) is 0 Å². The molecule has 1 saturated heterocycles. The Kier molecular flexibility index (Phi) is 5.43. The SMILES string of the molecule is CCC1(C(=O)NCc2ccsc2)CCCN1.Cl. The van der Waals surface area contributed by atoms with Crippen molar-refractivity contribution >= 4 is 29.7 Å². The van der Waals surface area contributed by atoms with Crippen molar-refractivity contribution in [2.45, 2.75) is 38.3 Å². The number of hydrogen-bond acceptors (Lipinski definition) is 3. The first-order valence-electron chi connectivity index (χ1n) is 5.81. The van der Waals surface area contributed by atoms with Crippen LogP contribution >= 0.6 is 23.7 Å². The van der Waals surface area contributed by atoms with Gasteiger partial charge >= 0.3 is 0 Å². The van der Waals surface area contributed by atoms with Crippen molar-refractivity contribution in [3.05, 3.63) is 22.4 Å². The quantitative estimate of drug-likeness (QED) is 0.885. The number of carbonyl (C=O) groups is 1. The number of carbonyl (C=O) groups excluding carboxylic acids is 1. The molecule has 0 spiro atoms. The molecular weight excluding hydrogens is 256 g/mol. The summed E-state index contributed by atoms with van der Waals surface area (Å²) in [6.45, 7) is 3.67. The van der Waals surface area contributed by atoms with E-state index in [9.17, 15) is 4.79 Å². The zero-order chi connectivity index (χ0) is 11.4. The number of amides is 1. The minimum absolute atomic E-state index is 0. The molecule has 1 fully saturated rings. The lowest BCUT2D eigenvalue weighted by molar-refractivity contribution is -0.127. The third-order valence-corrected chi connectivity index (χ3v) is 4.05. The van der Waals surface area contributed by atoms with Gasteiger partial charge in [0.1, 0.15) is 0 Å². The van der Waals surface area contributed by atoms with E-state index >= 15 is 0 Å². The van der Waals surface area contributed by atoms with Crippen LogP contribution in [0.1, 0.15) is 31.7 Å². The van der Waals surface area contributed by atoms with E-state index in [-0.39, 0.29) is 23.9 Å². The molecule has 0 bridgehead atoms. The van der Waals surface area contributed by atoms with E-state index < -0.39 is 0 Å². The van der Waals surface area contributed by atoms with Crippen LogP contribution in [0.15, 0.2) is 16.8 Å². The van der Waals surface area contributed by atoms with Crippen LogP contribution in [0.5, 0.6) is 0 Å². The van der Waals surface area contributed by atoms with E-state index in [2.05, 4.69) is 22.9 Å². The summed E-state index contributed by atoms with van der Waals surface area (Å²) in [6.07, 6.45) is 2.92. The lowest BCUT2D eigenvalue weighted by Gasteiger charge is -2.26. The Morgan fingerprint density at radius 2 is 2.47 bits per heavy atom. The van der Waals surface area contributed by atoms with Crippen LogP contribution in [0.25, 0.3) is 0 Å². The molecule has 1 aliphatic heterocycles. The summed E-state index contributed by atoms with van der Waals surface area (Å²) in [7, 11) is 0. The van der Waals surface area contributed by atoms with Crippen molar-refractivity contribution in [3.63, 3.8) is 0 Å². The molecule has 1 aromatic heterocycles. The third-order valence-electron chi connectivity index (χ3n) is 3.32. The van der Waals surface area contributed by atoms with E-state index in [1.807, 2.05) is 11.4 Å². The third kappa shape index (κ3) is 3.21. The normalized spacial score (nSPS) is 23.1. The number of nitrogens with one attached hydrogen (secondary N) is 2. The zero-order valence-electron chi connectivity index (χ0n) is 9.99. The smallest absolute Gasteiger partial charge is 0.240 e. The minimum Gasteiger partial charge on any atom is -0.350 e. The molecule has 0 aliphatic carbocycles. The van der Waals surface area contributed by atoms with Crippen molar-refractivity contribution < 1.29 is 4.79 Å². The second-order valence-corrected chi connectivity index (χ2v) is 5.06. The van der Waals surface area contributed by atoms with Gasteiger partial charge in [0.05, 0.1) is 5.54 Å². The number of hydrogen-bond donors (Lipinski definition) is 2. The Labute approximate surface area is 112 Å². The van der Waals surface area contributed by atoms with Crippen LogP contribution < -0.4 is 10.6 Å². The maximum atomic E-state index is 12.1. The fourth-order valence-electron chi connectivity index (χ4n) is 2.21. The summed E-state index contributed by atoms with van der Waals surface area (Å²) in [6, 6.07) is 2.05. The van der Waals surface area contributed by atoms with Crippen LogP contribution in [0.3, 0.4) is 0 Å². The molecule has 5 heteroatoms. The molecule has 1 aromatic rings. The van der Waals surface area contributed by atoms with Crippen LogP contribution in [0.4, 0.5) is 0 Å². The highest BCUT2D eigenvalue weighted by Crippen LogP contribution is 2.23. The van der Waals surface area contributed by atoms with Gasteiger partial charge in [0.25, 0.3) is 0 Å². The van der Waals surface area contributed by atoms with Gasteiger partial charge in [-0.3, -0.25) is 4.79 Å². The lowest BCUT2D eigenvalue weighted by Crippen LogP contribution is -2.52. The van der Waals surface area contributed by atoms with E-state index in [4.69, 9.17) is 0 Å². The molecule has 1 atom stereocenters. The highest BCUT2D eigenvalue weighted by molar-refractivity contribution is 7.07. The molecule has 2 heterocycles. The van der Waals surface area contributed by atoms with Crippen molar-refractivity contribution in [2.75, 3.05) is 6.54 Å². The fourth-order valence-corrected chi connectivity index (χ4v) is 2.88. The summed E-state index contributed by atoms with van der Waals surface area (Å²) < 4.78 is 0. The molecule has 0 aromatic carbocycles. The first-order valence-corrected chi connectivity index (χ1v) is 6.75. The average molecular weight is 275 g/mol. The minimum atomic E-state index is -0.310. The first kappa shape index (κ1) is 14.5. The molecule has 2 N–H and O–H groups in total. The maximum absolute atomic E-state index is 12.1. The Bertz CT molecular complexity index is 347. The highest BCUT2D eigenvalue weighted by atomic mass is 35.5. The Morgan fingerprint density at radius 1 is 1.65 bits per heavy atom. The van der Waals surface area contributed by atoms with Gasteiger partial charge in [-0.2, -0.15) is 11.3 Å². The van der Waals surface area contributed by atoms with Gasteiger partial charge in [-0.25, -0.2) is 0 Å².